The average Bonchev–Trinajstić information content (AvgIpc) is 3.81. The van der Waals surface area contributed by atoms with Crippen molar-refractivity contribution in [1.82, 2.24) is 20.9 Å². The van der Waals surface area contributed by atoms with Crippen LogP contribution in [0.4, 0.5) is 0 Å². The van der Waals surface area contributed by atoms with Crippen LogP contribution in [0.3, 0.4) is 0 Å². The molecule has 232 valence electrons. The van der Waals surface area contributed by atoms with Crippen LogP contribution in [0.25, 0.3) is 0 Å². The molecular weight excluding hydrogens is 552 g/mol. The highest BCUT2D eigenvalue weighted by Gasteiger charge is 2.30. The molecule has 11 nitrogen and oxygen atoms in total. The number of benzene rings is 2. The van der Waals surface area contributed by atoms with E-state index in [4.69, 9.17) is 14.2 Å². The molecule has 1 aliphatic carbocycles. The molecule has 2 aliphatic rings. The van der Waals surface area contributed by atoms with E-state index >= 15 is 0 Å². The SMILES string of the molecule is COc1ccc2cc1Oc1cccc(OC)c1CNC(=O)[C@@H](C(C)C)NC(=O)CN(C(=O)CC1CC1)CCCCNC2=O. The van der Waals surface area contributed by atoms with Crippen LogP contribution in [-0.2, 0) is 20.9 Å². The number of methoxy groups -OCH3 is 2. The Balaban J connectivity index is 1.64. The van der Waals surface area contributed by atoms with Crippen LogP contribution >= 0.6 is 0 Å². The van der Waals surface area contributed by atoms with Crippen molar-refractivity contribution in [2.45, 2.75) is 58.5 Å². The van der Waals surface area contributed by atoms with Gasteiger partial charge in [-0.15, -0.1) is 0 Å². The molecule has 3 N–H and O–H groups in total. The van der Waals surface area contributed by atoms with Gasteiger partial charge in [-0.3, -0.25) is 19.2 Å². The van der Waals surface area contributed by atoms with Gasteiger partial charge in [-0.2, -0.15) is 0 Å². The molecule has 0 unspecified atom stereocenters. The lowest BCUT2D eigenvalue weighted by molar-refractivity contribution is -0.137. The van der Waals surface area contributed by atoms with E-state index in [2.05, 4.69) is 16.0 Å². The summed E-state index contributed by atoms with van der Waals surface area (Å²) >= 11 is 0. The Morgan fingerprint density at radius 3 is 2.47 bits per heavy atom. The molecule has 0 saturated heterocycles. The number of amides is 4. The molecule has 0 radical (unpaired) electrons. The fraction of sp³-hybridized carbons (Fsp3) is 0.500. The lowest BCUT2D eigenvalue weighted by Gasteiger charge is -2.26. The number of fused-ring (bicyclic) bond motifs is 3. The van der Waals surface area contributed by atoms with Crippen LogP contribution < -0.4 is 30.2 Å². The van der Waals surface area contributed by atoms with Crippen LogP contribution in [0.15, 0.2) is 36.4 Å². The third kappa shape index (κ3) is 8.62. The number of carbonyl (C=O) groups excluding carboxylic acids is 4. The van der Waals surface area contributed by atoms with Crippen LogP contribution in [0, 0.1) is 11.8 Å². The second-order valence-electron chi connectivity index (χ2n) is 11.3. The molecule has 2 bridgehead atoms. The summed E-state index contributed by atoms with van der Waals surface area (Å²) in [4.78, 5) is 54.1. The smallest absolute Gasteiger partial charge is 0.251 e. The Morgan fingerprint density at radius 1 is 1.00 bits per heavy atom. The third-order valence-corrected chi connectivity index (χ3v) is 7.65. The van der Waals surface area contributed by atoms with Gasteiger partial charge < -0.3 is 35.1 Å². The summed E-state index contributed by atoms with van der Waals surface area (Å²) in [5, 5.41) is 8.67. The summed E-state index contributed by atoms with van der Waals surface area (Å²) in [6.45, 7) is 4.39. The van der Waals surface area contributed by atoms with E-state index in [1.165, 1.54) is 14.2 Å². The highest BCUT2D eigenvalue weighted by molar-refractivity contribution is 5.95. The minimum atomic E-state index is -0.815. The Morgan fingerprint density at radius 2 is 1.77 bits per heavy atom. The summed E-state index contributed by atoms with van der Waals surface area (Å²) in [6.07, 6.45) is 3.69. The number of nitrogens with one attached hydrogen (secondary N) is 3. The molecule has 2 aromatic rings. The van der Waals surface area contributed by atoms with Gasteiger partial charge in [0.25, 0.3) is 5.91 Å². The van der Waals surface area contributed by atoms with Crippen molar-refractivity contribution in [1.29, 1.82) is 0 Å². The number of ether oxygens (including phenoxy) is 3. The van der Waals surface area contributed by atoms with Gasteiger partial charge in [0.2, 0.25) is 17.7 Å². The van der Waals surface area contributed by atoms with Crippen LogP contribution in [0.5, 0.6) is 23.0 Å². The zero-order valence-electron chi connectivity index (χ0n) is 25.4. The Hall–Kier alpha value is -4.28. The van der Waals surface area contributed by atoms with E-state index in [0.717, 1.165) is 12.8 Å². The molecule has 1 atom stereocenters. The second kappa shape index (κ2) is 14.8. The molecule has 1 saturated carbocycles. The zero-order valence-corrected chi connectivity index (χ0v) is 25.4. The molecule has 2 aromatic carbocycles. The van der Waals surface area contributed by atoms with Crippen molar-refractivity contribution >= 4 is 23.6 Å². The maximum atomic E-state index is 13.4. The van der Waals surface area contributed by atoms with Gasteiger partial charge in [0.15, 0.2) is 11.5 Å². The lowest BCUT2D eigenvalue weighted by Crippen LogP contribution is -2.52. The van der Waals surface area contributed by atoms with Gasteiger partial charge in [-0.1, -0.05) is 19.9 Å². The highest BCUT2D eigenvalue weighted by atomic mass is 16.5. The minimum absolute atomic E-state index is 0.0474. The maximum Gasteiger partial charge on any atom is 0.251 e. The Labute approximate surface area is 252 Å². The highest BCUT2D eigenvalue weighted by Crippen LogP contribution is 2.37. The molecule has 43 heavy (non-hydrogen) atoms. The summed E-state index contributed by atoms with van der Waals surface area (Å²) in [6, 6.07) is 9.36. The molecule has 11 heteroatoms. The number of nitrogens with zero attached hydrogens (tertiary/aromatic N) is 1. The van der Waals surface area contributed by atoms with Gasteiger partial charge in [-0.05, 0) is 67.9 Å². The van der Waals surface area contributed by atoms with E-state index in [9.17, 15) is 19.2 Å². The van der Waals surface area contributed by atoms with Crippen molar-refractivity contribution in [3.8, 4) is 23.0 Å². The average molecular weight is 595 g/mol. The standard InChI is InChI=1S/C32H42N4O7/c1-20(2)30-32(40)34-18-23-24(41-3)8-7-9-25(23)43-27-17-22(12-13-26(27)42-4)31(39)33-14-5-6-15-36(19-28(37)35-30)29(38)16-21-10-11-21/h7-9,12-13,17,20-21,30H,5-6,10-11,14-16,18-19H2,1-4H3,(H,33,39)(H,34,40)(H,35,37)/t30-/m1/s1. The monoisotopic (exact) mass is 594 g/mol. The minimum Gasteiger partial charge on any atom is -0.496 e. The summed E-state index contributed by atoms with van der Waals surface area (Å²) in [5.74, 6) is 0.698. The van der Waals surface area contributed by atoms with Crippen molar-refractivity contribution in [3.63, 3.8) is 0 Å². The first-order chi connectivity index (χ1) is 20.7. The third-order valence-electron chi connectivity index (χ3n) is 7.65. The van der Waals surface area contributed by atoms with Gasteiger partial charge >= 0.3 is 0 Å². The van der Waals surface area contributed by atoms with Crippen molar-refractivity contribution in [3.05, 3.63) is 47.5 Å². The fourth-order valence-electron chi connectivity index (χ4n) is 4.96. The molecule has 1 aliphatic heterocycles. The van der Waals surface area contributed by atoms with Crippen molar-refractivity contribution < 1.29 is 33.4 Å². The number of carbonyl (C=O) groups is 4. The van der Waals surface area contributed by atoms with Gasteiger partial charge in [0.1, 0.15) is 17.5 Å². The van der Waals surface area contributed by atoms with E-state index in [1.807, 2.05) is 13.8 Å². The molecule has 0 spiro atoms. The molecule has 1 fully saturated rings. The maximum absolute atomic E-state index is 13.4. The molecule has 0 aromatic heterocycles. The summed E-state index contributed by atoms with van der Waals surface area (Å²) < 4.78 is 17.3. The normalized spacial score (nSPS) is 18.9. The van der Waals surface area contributed by atoms with E-state index < -0.39 is 11.9 Å². The Bertz CT molecular complexity index is 1320. The van der Waals surface area contributed by atoms with Crippen LogP contribution in [-0.4, -0.2) is 68.4 Å². The van der Waals surface area contributed by atoms with Gasteiger partial charge in [0.05, 0.1) is 32.9 Å². The molecule has 1 heterocycles. The largest absolute Gasteiger partial charge is 0.496 e. The van der Waals surface area contributed by atoms with E-state index in [1.54, 1.807) is 41.3 Å². The molecule has 4 amide bonds. The topological polar surface area (TPSA) is 135 Å². The molecular formula is C32H42N4O7. The fourth-order valence-corrected chi connectivity index (χ4v) is 4.96. The predicted octanol–water partition coefficient (Wildman–Crippen LogP) is 3.41. The Kier molecular flexibility index (Phi) is 10.9. The second-order valence-corrected chi connectivity index (χ2v) is 11.3. The van der Waals surface area contributed by atoms with E-state index in [0.29, 0.717) is 72.4 Å². The first kappa shape index (κ1) is 31.7. The summed E-state index contributed by atoms with van der Waals surface area (Å²) in [5.41, 5.74) is 0.955. The lowest BCUT2D eigenvalue weighted by atomic mass is 10.0. The van der Waals surface area contributed by atoms with Gasteiger partial charge in [-0.25, -0.2) is 0 Å². The first-order valence-electron chi connectivity index (χ1n) is 14.8. The quantitative estimate of drug-likeness (QED) is 0.483. The number of hydrogen-bond acceptors (Lipinski definition) is 7. The van der Waals surface area contributed by atoms with Crippen molar-refractivity contribution in [2.24, 2.45) is 11.8 Å². The zero-order chi connectivity index (χ0) is 30.9. The summed E-state index contributed by atoms with van der Waals surface area (Å²) in [7, 11) is 3.03. The first-order valence-corrected chi connectivity index (χ1v) is 14.8. The van der Waals surface area contributed by atoms with Crippen LogP contribution in [0.1, 0.15) is 61.9 Å². The molecule has 4 rings (SSSR count). The van der Waals surface area contributed by atoms with Gasteiger partial charge in [0, 0.05) is 25.1 Å². The predicted molar refractivity (Wildman–Crippen MR) is 160 cm³/mol. The van der Waals surface area contributed by atoms with Crippen LogP contribution in [0.2, 0.25) is 0 Å². The number of hydrogen-bond donors (Lipinski definition) is 3. The van der Waals surface area contributed by atoms with E-state index in [-0.39, 0.29) is 36.7 Å². The van der Waals surface area contributed by atoms with Crippen molar-refractivity contribution in [2.75, 3.05) is 33.9 Å². The number of rotatable bonds is 5.